The van der Waals surface area contributed by atoms with Crippen LogP contribution in [0.15, 0.2) is 22.2 Å². The molecule has 0 bridgehead atoms. The Labute approximate surface area is 154 Å². The number of H-pyrrole nitrogens is 1. The molecule has 10 nitrogen and oxygen atoms in total. The molecule has 1 fully saturated rings. The highest BCUT2D eigenvalue weighted by atomic mass is 32.2. The Morgan fingerprint density at radius 1 is 1.54 bits per heavy atom. The summed E-state index contributed by atoms with van der Waals surface area (Å²) in [5.74, 6) is -1.24. The third-order valence-electron chi connectivity index (χ3n) is 3.74. The van der Waals surface area contributed by atoms with E-state index in [1.54, 1.807) is 0 Å². The van der Waals surface area contributed by atoms with Crippen LogP contribution in [0.2, 0.25) is 0 Å². The topological polar surface area (TPSA) is 161 Å². The summed E-state index contributed by atoms with van der Waals surface area (Å²) in [5, 5.41) is 18.7. The van der Waals surface area contributed by atoms with Crippen molar-refractivity contribution in [2.24, 2.45) is 0 Å². The first-order valence-corrected chi connectivity index (χ1v) is 9.30. The van der Waals surface area contributed by atoms with Crippen molar-refractivity contribution in [1.82, 2.24) is 14.5 Å². The molecule has 0 aromatic carbocycles. The predicted octanol–water partition coefficient (Wildman–Crippen LogP) is 0.0969. The van der Waals surface area contributed by atoms with Crippen LogP contribution in [0.5, 0.6) is 0 Å². The Morgan fingerprint density at radius 3 is 2.92 bits per heavy atom. The van der Waals surface area contributed by atoms with E-state index in [4.69, 9.17) is 15.6 Å². The lowest BCUT2D eigenvalue weighted by molar-refractivity contribution is -0.138. The highest BCUT2D eigenvalue weighted by molar-refractivity contribution is 8.00. The number of aromatic amines is 1. The number of thioether (sulfide) groups is 1. The van der Waals surface area contributed by atoms with Crippen molar-refractivity contribution < 1.29 is 19.7 Å². The predicted molar refractivity (Wildman–Crippen MR) is 97.3 cm³/mol. The van der Waals surface area contributed by atoms with Gasteiger partial charge in [-0.05, 0) is 6.42 Å². The number of carboxylic acids is 1. The quantitative estimate of drug-likeness (QED) is 0.493. The number of hydrogen-bond acceptors (Lipinski definition) is 9. The average molecular weight is 400 g/mol. The number of nitrogens with one attached hydrogen (secondary N) is 1. The van der Waals surface area contributed by atoms with Crippen molar-refractivity contribution >= 4 is 45.4 Å². The van der Waals surface area contributed by atoms with Gasteiger partial charge in [0.2, 0.25) is 5.95 Å². The molecule has 0 saturated carbocycles. The molecule has 26 heavy (non-hydrogen) atoms. The lowest BCUT2D eigenvalue weighted by Crippen LogP contribution is -2.29. The van der Waals surface area contributed by atoms with Gasteiger partial charge in [-0.2, -0.15) is 4.98 Å². The number of carbonyl (C=O) groups is 1. The number of aliphatic hydroxyl groups excluding tert-OH is 1. The van der Waals surface area contributed by atoms with E-state index in [0.29, 0.717) is 11.3 Å². The zero-order valence-electron chi connectivity index (χ0n) is 13.3. The smallest absolute Gasteiger partial charge is 0.311 e. The number of ether oxygens (including phenoxy) is 1. The van der Waals surface area contributed by atoms with Gasteiger partial charge in [0, 0.05) is 0 Å². The van der Waals surface area contributed by atoms with Crippen LogP contribution >= 0.6 is 23.1 Å². The highest BCUT2D eigenvalue weighted by Crippen LogP contribution is 2.43. The maximum Gasteiger partial charge on any atom is 0.311 e. The summed E-state index contributed by atoms with van der Waals surface area (Å²) in [6.07, 6.45) is -0.456. The maximum atomic E-state index is 12.5. The van der Waals surface area contributed by atoms with E-state index in [1.807, 2.05) is 0 Å². The third-order valence-corrected chi connectivity index (χ3v) is 6.13. The molecular formula is C14H16N4O6S2. The largest absolute Gasteiger partial charge is 0.481 e. The van der Waals surface area contributed by atoms with E-state index >= 15 is 0 Å². The molecule has 1 saturated heterocycles. The number of nitrogen functional groups attached to an aromatic ring is 1. The molecule has 140 valence electrons. The van der Waals surface area contributed by atoms with Crippen LogP contribution in [0.4, 0.5) is 5.95 Å². The van der Waals surface area contributed by atoms with Gasteiger partial charge in [0.05, 0.1) is 17.8 Å². The van der Waals surface area contributed by atoms with Crippen molar-refractivity contribution in [2.45, 2.75) is 35.9 Å². The molecule has 2 aromatic rings. The number of fused-ring (bicyclic) bond motifs is 1. The first-order valence-electron chi connectivity index (χ1n) is 7.54. The molecule has 0 spiro atoms. The lowest BCUT2D eigenvalue weighted by Gasteiger charge is -2.18. The number of aliphatic carboxylic acids is 1. The van der Waals surface area contributed by atoms with Gasteiger partial charge in [-0.1, -0.05) is 17.4 Å². The summed E-state index contributed by atoms with van der Waals surface area (Å²) in [6, 6.07) is 0. The number of nitrogens with two attached hydrogens (primary N) is 1. The summed E-state index contributed by atoms with van der Waals surface area (Å²) in [4.78, 5) is 41.4. The fourth-order valence-electron chi connectivity index (χ4n) is 2.68. The fourth-order valence-corrected chi connectivity index (χ4v) is 4.89. The van der Waals surface area contributed by atoms with Gasteiger partial charge in [-0.25, -0.2) is 0 Å². The zero-order chi connectivity index (χ0) is 19.0. The average Bonchev–Trinajstić information content (AvgIpc) is 3.08. The molecular weight excluding hydrogens is 384 g/mol. The monoisotopic (exact) mass is 400 g/mol. The van der Waals surface area contributed by atoms with Crippen LogP contribution < -0.4 is 16.2 Å². The molecule has 1 aliphatic rings. The Balaban J connectivity index is 2.07. The van der Waals surface area contributed by atoms with Crippen LogP contribution in [0, 0.1) is 0 Å². The molecule has 12 heteroatoms. The fraction of sp³-hybridized carbons (Fsp3) is 0.429. The van der Waals surface area contributed by atoms with Crippen LogP contribution in [-0.2, 0) is 9.53 Å². The SMILES string of the molecule is C=CCC(O)C1OC(n2c(=O)sc3c(=O)[nH]c(N)nc32)C(CC(=O)O)S1. The molecule has 4 unspecified atom stereocenters. The summed E-state index contributed by atoms with van der Waals surface area (Å²) in [7, 11) is 0. The van der Waals surface area contributed by atoms with Gasteiger partial charge in [-0.3, -0.25) is 23.9 Å². The summed E-state index contributed by atoms with van der Waals surface area (Å²) >= 11 is 1.79. The zero-order valence-corrected chi connectivity index (χ0v) is 15.0. The van der Waals surface area contributed by atoms with E-state index < -0.39 is 39.4 Å². The van der Waals surface area contributed by atoms with Crippen molar-refractivity contribution in [3.63, 3.8) is 0 Å². The first-order chi connectivity index (χ1) is 12.3. The second-order valence-electron chi connectivity index (χ2n) is 5.60. The third kappa shape index (κ3) is 3.40. The van der Waals surface area contributed by atoms with Gasteiger partial charge < -0.3 is 20.7 Å². The van der Waals surface area contributed by atoms with Gasteiger partial charge in [0.15, 0.2) is 11.9 Å². The van der Waals surface area contributed by atoms with Crippen molar-refractivity contribution in [1.29, 1.82) is 0 Å². The summed E-state index contributed by atoms with van der Waals surface area (Å²) in [6.45, 7) is 3.55. The number of hydrogen-bond donors (Lipinski definition) is 4. The van der Waals surface area contributed by atoms with E-state index in [0.717, 1.165) is 16.3 Å². The number of nitrogens with zero attached hydrogens (tertiary/aromatic N) is 2. The van der Waals surface area contributed by atoms with Crippen LogP contribution in [0.1, 0.15) is 19.1 Å². The number of aliphatic hydroxyl groups is 1. The molecule has 0 radical (unpaired) electrons. The Morgan fingerprint density at radius 2 is 2.27 bits per heavy atom. The van der Waals surface area contributed by atoms with Crippen LogP contribution in [-0.4, -0.2) is 47.5 Å². The van der Waals surface area contributed by atoms with Crippen LogP contribution in [0.25, 0.3) is 10.3 Å². The van der Waals surface area contributed by atoms with E-state index in [9.17, 15) is 19.5 Å². The van der Waals surface area contributed by atoms with Gasteiger partial charge in [0.25, 0.3) is 5.56 Å². The molecule has 1 aliphatic heterocycles. The van der Waals surface area contributed by atoms with E-state index in [1.165, 1.54) is 6.08 Å². The van der Waals surface area contributed by atoms with Gasteiger partial charge >= 0.3 is 10.8 Å². The van der Waals surface area contributed by atoms with Gasteiger partial charge in [-0.15, -0.1) is 18.3 Å². The molecule has 0 amide bonds. The van der Waals surface area contributed by atoms with Crippen molar-refractivity contribution in [3.05, 3.63) is 32.7 Å². The van der Waals surface area contributed by atoms with E-state index in [2.05, 4.69) is 16.5 Å². The number of anilines is 1. The molecule has 5 N–H and O–H groups in total. The van der Waals surface area contributed by atoms with Crippen LogP contribution in [0.3, 0.4) is 0 Å². The van der Waals surface area contributed by atoms with Gasteiger partial charge in [0.1, 0.15) is 10.1 Å². The molecule has 2 aromatic heterocycles. The maximum absolute atomic E-state index is 12.5. The second kappa shape index (κ2) is 7.23. The molecule has 3 rings (SSSR count). The molecule has 4 atom stereocenters. The summed E-state index contributed by atoms with van der Waals surface area (Å²) < 4.78 is 6.98. The van der Waals surface area contributed by atoms with Crippen molar-refractivity contribution in [3.8, 4) is 0 Å². The number of aromatic nitrogens is 3. The number of carboxylic acid groups (broad SMARTS) is 1. The molecule has 0 aliphatic carbocycles. The number of rotatable bonds is 6. The normalized spacial score (nSPS) is 24.0. The highest BCUT2D eigenvalue weighted by Gasteiger charge is 2.42. The minimum absolute atomic E-state index is 0.0288. The Kier molecular flexibility index (Phi) is 5.18. The van der Waals surface area contributed by atoms with E-state index in [-0.39, 0.29) is 29.1 Å². The minimum Gasteiger partial charge on any atom is -0.481 e. The second-order valence-corrected chi connectivity index (χ2v) is 7.90. The Hall–Kier alpha value is -2.15. The molecule has 3 heterocycles. The Bertz CT molecular complexity index is 966. The first kappa shape index (κ1) is 18.6. The lowest BCUT2D eigenvalue weighted by atomic mass is 10.2. The van der Waals surface area contributed by atoms with Crippen molar-refractivity contribution in [2.75, 3.05) is 5.73 Å². The standard InChI is InChI=1S/C14H16N4O6S2/c1-2-3-5(19)12-24-11(6(25-12)4-7(20)21)18-9-8(26-14(18)23)10(22)17-13(15)16-9/h2,5-6,11-12,19H,1,3-4H2,(H,20,21)(H3,15,16,17,22). The minimum atomic E-state index is -1.08. The number of thiazole rings is 1. The summed E-state index contributed by atoms with van der Waals surface area (Å²) in [5.41, 5.74) is 4.29.